The largest absolute Gasteiger partial charge is 0.469 e. The third-order valence-corrected chi connectivity index (χ3v) is 5.93. The van der Waals surface area contributed by atoms with Crippen molar-refractivity contribution in [3.8, 4) is 0 Å². The highest BCUT2D eigenvalue weighted by Gasteiger charge is 2.50. The second kappa shape index (κ2) is 6.72. The number of piperidine rings is 1. The molecule has 26 heavy (non-hydrogen) atoms. The lowest BCUT2D eigenvalue weighted by Gasteiger charge is -2.40. The molecule has 2 saturated heterocycles. The van der Waals surface area contributed by atoms with E-state index < -0.39 is 12.0 Å². The summed E-state index contributed by atoms with van der Waals surface area (Å²) in [5, 5.41) is 2.07. The Hall–Kier alpha value is -2.40. The molecule has 0 aliphatic carbocycles. The van der Waals surface area contributed by atoms with Crippen LogP contribution in [-0.2, 0) is 14.3 Å². The van der Waals surface area contributed by atoms with Crippen LogP contribution in [0.2, 0.25) is 0 Å². The number of benzene rings is 2. The molecule has 2 bridgehead atoms. The number of esters is 2. The van der Waals surface area contributed by atoms with Crippen LogP contribution in [0.15, 0.2) is 42.5 Å². The number of methoxy groups -OCH3 is 1. The van der Waals surface area contributed by atoms with Crippen molar-refractivity contribution in [3.05, 3.63) is 48.0 Å². The lowest BCUT2D eigenvalue weighted by molar-refractivity contribution is -0.156. The van der Waals surface area contributed by atoms with Crippen LogP contribution in [0.25, 0.3) is 10.8 Å². The van der Waals surface area contributed by atoms with Crippen LogP contribution >= 0.6 is 0 Å². The van der Waals surface area contributed by atoms with E-state index >= 15 is 0 Å². The van der Waals surface area contributed by atoms with E-state index in [1.165, 1.54) is 7.11 Å². The fourth-order valence-electron chi connectivity index (χ4n) is 4.51. The minimum Gasteiger partial charge on any atom is -0.469 e. The van der Waals surface area contributed by atoms with Crippen LogP contribution in [-0.4, -0.2) is 49.2 Å². The average Bonchev–Trinajstić information content (AvgIpc) is 2.90. The van der Waals surface area contributed by atoms with Crippen LogP contribution in [0.4, 0.5) is 0 Å². The highest BCUT2D eigenvalue weighted by atomic mass is 16.6. The standard InChI is InChI=1S/C21H23NO4/c1-22-16-9-10-17(22)19(21(24)25-2)18(12-16)26-20(23)15-8-7-13-5-3-4-6-14(13)11-15/h3-8,11,16-19H,9-10,12H2,1-2H3/t16-,17?,18-,19-/m1/s1. The maximum atomic E-state index is 12.7. The Bertz CT molecular complexity index is 849. The molecule has 2 fully saturated rings. The van der Waals surface area contributed by atoms with Gasteiger partial charge in [-0.3, -0.25) is 9.69 Å². The number of hydrogen-bond acceptors (Lipinski definition) is 5. The molecule has 0 amide bonds. The summed E-state index contributed by atoms with van der Waals surface area (Å²) in [4.78, 5) is 27.3. The quantitative estimate of drug-likeness (QED) is 0.794. The zero-order valence-corrected chi connectivity index (χ0v) is 15.1. The molecule has 5 nitrogen and oxygen atoms in total. The van der Waals surface area contributed by atoms with E-state index in [0.29, 0.717) is 18.0 Å². The number of fused-ring (bicyclic) bond motifs is 3. The molecule has 2 heterocycles. The summed E-state index contributed by atoms with van der Waals surface area (Å²) in [6.07, 6.45) is 2.20. The first kappa shape index (κ1) is 17.0. The third kappa shape index (κ3) is 2.86. The van der Waals surface area contributed by atoms with Gasteiger partial charge in [-0.2, -0.15) is 0 Å². The first-order valence-corrected chi connectivity index (χ1v) is 9.08. The molecule has 0 aromatic heterocycles. The zero-order valence-electron chi connectivity index (χ0n) is 15.1. The Labute approximate surface area is 152 Å². The lowest BCUT2D eigenvalue weighted by atomic mass is 9.87. The summed E-state index contributed by atoms with van der Waals surface area (Å²) in [5.74, 6) is -1.09. The van der Waals surface area contributed by atoms with Gasteiger partial charge < -0.3 is 9.47 Å². The molecule has 2 aliphatic rings. The Kier molecular flexibility index (Phi) is 4.41. The first-order valence-electron chi connectivity index (χ1n) is 9.08. The van der Waals surface area contributed by atoms with Gasteiger partial charge in [-0.1, -0.05) is 30.3 Å². The van der Waals surface area contributed by atoms with Crippen molar-refractivity contribution in [3.63, 3.8) is 0 Å². The Morgan fingerprint density at radius 3 is 2.62 bits per heavy atom. The Morgan fingerprint density at radius 1 is 1.08 bits per heavy atom. The van der Waals surface area contributed by atoms with Gasteiger partial charge in [-0.15, -0.1) is 0 Å². The first-order chi connectivity index (χ1) is 12.6. The number of carbonyl (C=O) groups excluding carboxylic acids is 2. The van der Waals surface area contributed by atoms with Gasteiger partial charge in [0.25, 0.3) is 0 Å². The number of hydrogen-bond donors (Lipinski definition) is 0. The van der Waals surface area contributed by atoms with Crippen LogP contribution < -0.4 is 0 Å². The fourth-order valence-corrected chi connectivity index (χ4v) is 4.51. The maximum absolute atomic E-state index is 12.7. The van der Waals surface area contributed by atoms with E-state index in [4.69, 9.17) is 9.47 Å². The Morgan fingerprint density at radius 2 is 1.85 bits per heavy atom. The van der Waals surface area contributed by atoms with Gasteiger partial charge in [0.1, 0.15) is 12.0 Å². The number of nitrogens with zero attached hydrogens (tertiary/aromatic N) is 1. The molecule has 0 radical (unpaired) electrons. The van der Waals surface area contributed by atoms with Crippen molar-refractivity contribution in [2.75, 3.05) is 14.2 Å². The molecule has 0 N–H and O–H groups in total. The fraction of sp³-hybridized carbons (Fsp3) is 0.429. The van der Waals surface area contributed by atoms with Gasteiger partial charge in [0, 0.05) is 18.5 Å². The van der Waals surface area contributed by atoms with Crippen molar-refractivity contribution in [2.45, 2.75) is 37.5 Å². The molecule has 2 aliphatic heterocycles. The van der Waals surface area contributed by atoms with Crippen molar-refractivity contribution in [2.24, 2.45) is 5.92 Å². The molecule has 0 saturated carbocycles. The summed E-state index contributed by atoms with van der Waals surface area (Å²) in [6.45, 7) is 0. The van der Waals surface area contributed by atoms with E-state index in [1.807, 2.05) is 43.4 Å². The molecule has 4 atom stereocenters. The second-order valence-electron chi connectivity index (χ2n) is 7.25. The third-order valence-electron chi connectivity index (χ3n) is 5.93. The maximum Gasteiger partial charge on any atom is 0.338 e. The predicted molar refractivity (Wildman–Crippen MR) is 97.8 cm³/mol. The summed E-state index contributed by atoms with van der Waals surface area (Å²) in [7, 11) is 3.44. The van der Waals surface area contributed by atoms with Gasteiger partial charge in [0.2, 0.25) is 0 Å². The van der Waals surface area contributed by atoms with Crippen molar-refractivity contribution < 1.29 is 19.1 Å². The van der Waals surface area contributed by atoms with Gasteiger partial charge >= 0.3 is 11.9 Å². The van der Waals surface area contributed by atoms with Crippen molar-refractivity contribution in [1.29, 1.82) is 0 Å². The zero-order chi connectivity index (χ0) is 18.3. The summed E-state index contributed by atoms with van der Waals surface area (Å²) >= 11 is 0. The number of carbonyl (C=O) groups is 2. The van der Waals surface area contributed by atoms with Gasteiger partial charge in [-0.05, 0) is 42.8 Å². The van der Waals surface area contributed by atoms with Crippen LogP contribution in [0.5, 0.6) is 0 Å². The van der Waals surface area contributed by atoms with E-state index in [-0.39, 0.29) is 18.0 Å². The smallest absolute Gasteiger partial charge is 0.338 e. The van der Waals surface area contributed by atoms with Gasteiger partial charge in [-0.25, -0.2) is 4.79 Å². The topological polar surface area (TPSA) is 55.8 Å². The monoisotopic (exact) mass is 353 g/mol. The summed E-state index contributed by atoms with van der Waals surface area (Å²) < 4.78 is 10.8. The minimum absolute atomic E-state index is 0.0793. The molecule has 136 valence electrons. The predicted octanol–water partition coefficient (Wildman–Crippen LogP) is 3.02. The second-order valence-corrected chi connectivity index (χ2v) is 7.25. The van der Waals surface area contributed by atoms with Crippen molar-refractivity contribution in [1.82, 2.24) is 4.90 Å². The number of ether oxygens (including phenoxy) is 2. The highest BCUT2D eigenvalue weighted by molar-refractivity contribution is 5.95. The molecular formula is C21H23NO4. The van der Waals surface area contributed by atoms with E-state index in [1.54, 1.807) is 6.07 Å². The normalized spacial score (nSPS) is 28.1. The van der Waals surface area contributed by atoms with Gasteiger partial charge in [0.05, 0.1) is 12.7 Å². The molecule has 4 rings (SSSR count). The van der Waals surface area contributed by atoms with Crippen molar-refractivity contribution >= 4 is 22.7 Å². The van der Waals surface area contributed by atoms with Crippen LogP contribution in [0, 0.1) is 5.92 Å². The molecule has 2 aromatic rings. The molecule has 5 heteroatoms. The summed E-state index contributed by atoms with van der Waals surface area (Å²) in [5.41, 5.74) is 0.513. The average molecular weight is 353 g/mol. The summed E-state index contributed by atoms with van der Waals surface area (Å²) in [6, 6.07) is 13.9. The lowest BCUT2D eigenvalue weighted by Crippen LogP contribution is -2.53. The van der Waals surface area contributed by atoms with E-state index in [0.717, 1.165) is 23.6 Å². The molecule has 1 unspecified atom stereocenters. The SMILES string of the molecule is COC(=O)[C@@H]1C2CC[C@H](C[C@H]1OC(=O)c1ccc3ccccc3c1)N2C. The van der Waals surface area contributed by atoms with Crippen LogP contribution in [0.3, 0.4) is 0 Å². The molecule has 2 aromatic carbocycles. The minimum atomic E-state index is -0.435. The van der Waals surface area contributed by atoms with Gasteiger partial charge in [0.15, 0.2) is 0 Å². The van der Waals surface area contributed by atoms with E-state index in [9.17, 15) is 9.59 Å². The molecule has 0 spiro atoms. The highest BCUT2D eigenvalue weighted by Crippen LogP contribution is 2.40. The Balaban J connectivity index is 1.57. The number of rotatable bonds is 3. The van der Waals surface area contributed by atoms with Crippen LogP contribution in [0.1, 0.15) is 29.6 Å². The van der Waals surface area contributed by atoms with E-state index in [2.05, 4.69) is 4.90 Å². The molecular weight excluding hydrogens is 330 g/mol.